The quantitative estimate of drug-likeness (QED) is 0.481. The van der Waals surface area contributed by atoms with E-state index in [1.165, 1.54) is 0 Å². The van der Waals surface area contributed by atoms with Crippen molar-refractivity contribution in [1.82, 2.24) is 5.32 Å². The zero-order valence-corrected chi connectivity index (χ0v) is 18.4. The minimum absolute atomic E-state index is 0.321. The van der Waals surface area contributed by atoms with Gasteiger partial charge in [-0.3, -0.25) is 14.4 Å². The predicted molar refractivity (Wildman–Crippen MR) is 125 cm³/mol. The van der Waals surface area contributed by atoms with Crippen LogP contribution in [0, 0.1) is 0 Å². The van der Waals surface area contributed by atoms with Gasteiger partial charge in [0, 0.05) is 5.69 Å². The van der Waals surface area contributed by atoms with Crippen molar-refractivity contribution in [1.29, 1.82) is 0 Å². The summed E-state index contributed by atoms with van der Waals surface area (Å²) in [5.74, 6) is -1.11. The van der Waals surface area contributed by atoms with E-state index in [-0.39, 0.29) is 12.5 Å². The number of ether oxygens (including phenoxy) is 2. The highest BCUT2D eigenvalue weighted by Crippen LogP contribution is 2.18. The van der Waals surface area contributed by atoms with Crippen LogP contribution >= 0.6 is 0 Å². The Morgan fingerprint density at radius 2 is 1.48 bits per heavy atom. The minimum atomic E-state index is -0.710. The number of para-hydroxylation sites is 2. The van der Waals surface area contributed by atoms with Crippen molar-refractivity contribution in [3.8, 4) is 5.75 Å². The second-order valence-electron chi connectivity index (χ2n) is 7.07. The van der Waals surface area contributed by atoms with Gasteiger partial charge in [-0.1, -0.05) is 60.7 Å². The van der Waals surface area contributed by atoms with Crippen LogP contribution in [0.5, 0.6) is 5.75 Å². The second kappa shape index (κ2) is 12.0. The van der Waals surface area contributed by atoms with Crippen LogP contribution in [0.2, 0.25) is 0 Å². The Kier molecular flexibility index (Phi) is 8.59. The number of hydrogen-bond acceptors (Lipinski definition) is 5. The third kappa shape index (κ3) is 6.93. The monoisotopic (exact) mass is 446 g/mol. The molecule has 170 valence electrons. The number of carbonyl (C=O) groups is 3. The topological polar surface area (TPSA) is 84.9 Å². The smallest absolute Gasteiger partial charge is 0.325 e. The molecule has 7 nitrogen and oxygen atoms in total. The molecule has 0 atom stereocenters. The van der Waals surface area contributed by atoms with Crippen molar-refractivity contribution in [2.24, 2.45) is 0 Å². The number of esters is 1. The molecule has 0 fully saturated rings. The fraction of sp³-hybridized carbons (Fsp3) is 0.192. The highest BCUT2D eigenvalue weighted by atomic mass is 16.5. The van der Waals surface area contributed by atoms with Gasteiger partial charge in [-0.15, -0.1) is 0 Å². The van der Waals surface area contributed by atoms with E-state index in [4.69, 9.17) is 9.47 Å². The maximum absolute atomic E-state index is 12.9. The van der Waals surface area contributed by atoms with Crippen LogP contribution in [-0.4, -0.2) is 37.5 Å². The Labute approximate surface area is 192 Å². The van der Waals surface area contributed by atoms with E-state index in [0.29, 0.717) is 30.2 Å². The molecule has 3 aromatic carbocycles. The molecule has 0 unspecified atom stereocenters. The number of amides is 2. The Morgan fingerprint density at radius 1 is 0.848 bits per heavy atom. The first-order valence-electron chi connectivity index (χ1n) is 10.6. The number of anilines is 1. The van der Waals surface area contributed by atoms with Crippen molar-refractivity contribution >= 4 is 23.5 Å². The van der Waals surface area contributed by atoms with Crippen LogP contribution in [0.25, 0.3) is 0 Å². The van der Waals surface area contributed by atoms with Gasteiger partial charge in [0.15, 0.2) is 6.61 Å². The Bertz CT molecular complexity index is 1070. The molecule has 0 aliphatic carbocycles. The number of rotatable bonds is 10. The van der Waals surface area contributed by atoms with E-state index in [0.717, 1.165) is 5.56 Å². The maximum atomic E-state index is 12.9. The second-order valence-corrected chi connectivity index (χ2v) is 7.07. The summed E-state index contributed by atoms with van der Waals surface area (Å²) in [6.45, 7) is 1.77. The third-order valence-electron chi connectivity index (χ3n) is 4.73. The summed E-state index contributed by atoms with van der Waals surface area (Å²) < 4.78 is 10.6. The van der Waals surface area contributed by atoms with Crippen LogP contribution in [0.1, 0.15) is 22.8 Å². The number of nitrogens with zero attached hydrogens (tertiary/aromatic N) is 1. The molecule has 0 heterocycles. The summed E-state index contributed by atoms with van der Waals surface area (Å²) in [7, 11) is 0. The van der Waals surface area contributed by atoms with E-state index < -0.39 is 18.5 Å². The molecular weight excluding hydrogens is 420 g/mol. The molecule has 0 bridgehead atoms. The Hall–Kier alpha value is -4.13. The molecular formula is C26H26N2O5. The lowest BCUT2D eigenvalue weighted by atomic mass is 10.2. The van der Waals surface area contributed by atoms with Crippen LogP contribution in [0.15, 0.2) is 84.9 Å². The highest BCUT2D eigenvalue weighted by Gasteiger charge is 2.19. The molecule has 7 heteroatoms. The number of carbonyl (C=O) groups excluding carboxylic acids is 3. The standard InChI is InChI=1S/C26H26N2O5/c1-2-32-23-16-10-9-15-22(23)26(31)27-17-25(30)33-19-24(29)28(21-13-7-4-8-14-21)18-20-11-5-3-6-12-20/h3-16H,2,17-19H2,1H3,(H,27,31). The van der Waals surface area contributed by atoms with E-state index >= 15 is 0 Å². The predicted octanol–water partition coefficient (Wildman–Crippen LogP) is 3.59. The summed E-state index contributed by atoms with van der Waals surface area (Å²) in [6.07, 6.45) is 0. The molecule has 3 rings (SSSR count). The minimum Gasteiger partial charge on any atom is -0.493 e. The Morgan fingerprint density at radius 3 is 2.18 bits per heavy atom. The largest absolute Gasteiger partial charge is 0.493 e. The number of benzene rings is 3. The number of nitrogens with one attached hydrogen (secondary N) is 1. The van der Waals surface area contributed by atoms with Gasteiger partial charge < -0.3 is 19.7 Å². The van der Waals surface area contributed by atoms with Crippen molar-refractivity contribution in [2.75, 3.05) is 24.7 Å². The van der Waals surface area contributed by atoms with Gasteiger partial charge in [0.25, 0.3) is 11.8 Å². The fourth-order valence-corrected chi connectivity index (χ4v) is 3.15. The summed E-state index contributed by atoms with van der Waals surface area (Å²) in [5, 5.41) is 2.50. The van der Waals surface area contributed by atoms with E-state index in [1.807, 2.05) is 67.6 Å². The lowest BCUT2D eigenvalue weighted by Gasteiger charge is -2.23. The van der Waals surface area contributed by atoms with Crippen molar-refractivity contribution in [3.63, 3.8) is 0 Å². The zero-order valence-electron chi connectivity index (χ0n) is 18.4. The lowest BCUT2D eigenvalue weighted by Crippen LogP contribution is -2.36. The fourth-order valence-electron chi connectivity index (χ4n) is 3.15. The normalized spacial score (nSPS) is 10.2. The van der Waals surface area contributed by atoms with Gasteiger partial charge >= 0.3 is 5.97 Å². The molecule has 0 aliphatic rings. The van der Waals surface area contributed by atoms with Crippen LogP contribution < -0.4 is 15.0 Å². The molecule has 0 spiro atoms. The molecule has 0 aromatic heterocycles. The van der Waals surface area contributed by atoms with Crippen molar-refractivity contribution < 1.29 is 23.9 Å². The van der Waals surface area contributed by atoms with Crippen LogP contribution in [0.4, 0.5) is 5.69 Å². The Balaban J connectivity index is 1.56. The summed E-state index contributed by atoms with van der Waals surface area (Å²) in [6, 6.07) is 25.5. The van der Waals surface area contributed by atoms with Crippen molar-refractivity contribution in [3.05, 3.63) is 96.1 Å². The molecule has 3 aromatic rings. The van der Waals surface area contributed by atoms with Gasteiger partial charge in [-0.25, -0.2) is 0 Å². The van der Waals surface area contributed by atoms with Crippen LogP contribution in [0.3, 0.4) is 0 Å². The first-order chi connectivity index (χ1) is 16.1. The van der Waals surface area contributed by atoms with Gasteiger partial charge in [-0.2, -0.15) is 0 Å². The molecule has 0 saturated heterocycles. The first kappa shape index (κ1) is 23.5. The molecule has 0 aliphatic heterocycles. The molecule has 2 amide bonds. The molecule has 33 heavy (non-hydrogen) atoms. The summed E-state index contributed by atoms with van der Waals surface area (Å²) in [5.41, 5.74) is 1.96. The SMILES string of the molecule is CCOc1ccccc1C(=O)NCC(=O)OCC(=O)N(Cc1ccccc1)c1ccccc1. The van der Waals surface area contributed by atoms with Gasteiger partial charge in [0.05, 0.1) is 18.7 Å². The molecule has 1 N–H and O–H groups in total. The number of hydrogen-bond donors (Lipinski definition) is 1. The van der Waals surface area contributed by atoms with Crippen molar-refractivity contribution in [2.45, 2.75) is 13.5 Å². The third-order valence-corrected chi connectivity index (χ3v) is 4.73. The first-order valence-corrected chi connectivity index (χ1v) is 10.6. The van der Waals surface area contributed by atoms with Gasteiger partial charge in [0.2, 0.25) is 0 Å². The van der Waals surface area contributed by atoms with Gasteiger partial charge in [-0.05, 0) is 36.8 Å². The average molecular weight is 447 g/mol. The van der Waals surface area contributed by atoms with E-state index in [2.05, 4.69) is 5.32 Å². The van der Waals surface area contributed by atoms with E-state index in [1.54, 1.807) is 29.2 Å². The van der Waals surface area contributed by atoms with E-state index in [9.17, 15) is 14.4 Å². The summed E-state index contributed by atoms with van der Waals surface area (Å²) in [4.78, 5) is 39.0. The molecule has 0 saturated carbocycles. The van der Waals surface area contributed by atoms with Gasteiger partial charge in [0.1, 0.15) is 12.3 Å². The molecule has 0 radical (unpaired) electrons. The lowest BCUT2D eigenvalue weighted by molar-refractivity contribution is -0.146. The maximum Gasteiger partial charge on any atom is 0.325 e. The highest BCUT2D eigenvalue weighted by molar-refractivity contribution is 5.99. The summed E-state index contributed by atoms with van der Waals surface area (Å²) >= 11 is 0. The van der Waals surface area contributed by atoms with Crippen LogP contribution in [-0.2, 0) is 20.9 Å². The zero-order chi connectivity index (χ0) is 23.5. The average Bonchev–Trinajstić information content (AvgIpc) is 2.86.